The molecule has 0 aliphatic rings. The molecule has 0 atom stereocenters. The molecule has 0 spiro atoms. The zero-order chi connectivity index (χ0) is 16.9. The first-order valence-corrected chi connectivity index (χ1v) is 8.55. The van der Waals surface area contributed by atoms with Gasteiger partial charge in [0.15, 0.2) is 0 Å². The molecule has 0 heterocycles. The molecule has 0 radical (unpaired) electrons. The van der Waals surface area contributed by atoms with Gasteiger partial charge in [-0.3, -0.25) is 4.79 Å². The molecule has 0 saturated carbocycles. The van der Waals surface area contributed by atoms with Gasteiger partial charge in [-0.1, -0.05) is 13.8 Å². The van der Waals surface area contributed by atoms with Crippen molar-refractivity contribution < 1.29 is 23.1 Å². The van der Waals surface area contributed by atoms with Crippen LogP contribution in [0.2, 0.25) is 0 Å². The molecule has 0 bridgehead atoms. The van der Waals surface area contributed by atoms with Gasteiger partial charge in [-0.2, -0.15) is 4.31 Å². The predicted molar refractivity (Wildman–Crippen MR) is 83.4 cm³/mol. The van der Waals surface area contributed by atoms with Gasteiger partial charge in [0, 0.05) is 6.04 Å². The molecular formula is C15H23NO5S. The third-order valence-corrected chi connectivity index (χ3v) is 4.92. The highest BCUT2D eigenvalue weighted by Crippen LogP contribution is 2.21. The van der Waals surface area contributed by atoms with Crippen LogP contribution in [-0.2, 0) is 14.8 Å². The zero-order valence-electron chi connectivity index (χ0n) is 13.3. The fourth-order valence-electron chi connectivity index (χ4n) is 1.78. The smallest absolute Gasteiger partial charge is 0.318 e. The first kappa shape index (κ1) is 18.4. The lowest BCUT2D eigenvalue weighted by molar-refractivity contribution is -0.137. The molecule has 6 nitrogen and oxygen atoms in total. The van der Waals surface area contributed by atoms with Crippen LogP contribution >= 0.6 is 0 Å². The van der Waals surface area contributed by atoms with Gasteiger partial charge in [0.25, 0.3) is 0 Å². The van der Waals surface area contributed by atoms with Gasteiger partial charge in [0.05, 0.1) is 11.5 Å². The Morgan fingerprint density at radius 3 is 2.14 bits per heavy atom. The second kappa shape index (κ2) is 7.60. The summed E-state index contributed by atoms with van der Waals surface area (Å²) in [5, 5.41) is 8.88. The summed E-state index contributed by atoms with van der Waals surface area (Å²) in [7, 11) is -3.85. The van der Waals surface area contributed by atoms with Crippen molar-refractivity contribution in [1.82, 2.24) is 4.31 Å². The van der Waals surface area contributed by atoms with E-state index in [1.54, 1.807) is 26.0 Å². The van der Waals surface area contributed by atoms with Crippen LogP contribution in [0.3, 0.4) is 0 Å². The van der Waals surface area contributed by atoms with E-state index < -0.39 is 28.6 Å². The van der Waals surface area contributed by atoms with Crippen molar-refractivity contribution in [2.45, 2.75) is 38.6 Å². The molecule has 0 aliphatic heterocycles. The number of carboxylic acid groups (broad SMARTS) is 1. The normalized spacial score (nSPS) is 12.1. The van der Waals surface area contributed by atoms with Gasteiger partial charge in [0.1, 0.15) is 12.3 Å². The number of benzene rings is 1. The molecular weight excluding hydrogens is 306 g/mol. The Hall–Kier alpha value is -1.60. The van der Waals surface area contributed by atoms with Gasteiger partial charge in [0.2, 0.25) is 10.0 Å². The molecule has 22 heavy (non-hydrogen) atoms. The van der Waals surface area contributed by atoms with Gasteiger partial charge in [-0.25, -0.2) is 8.42 Å². The Bertz CT molecular complexity index is 593. The monoisotopic (exact) mass is 329 g/mol. The SMILES string of the molecule is CC(C)COc1ccc(S(=O)(=O)N(CC(=O)O)C(C)C)cc1. The van der Waals surface area contributed by atoms with E-state index in [0.717, 1.165) is 4.31 Å². The summed E-state index contributed by atoms with van der Waals surface area (Å²) in [5.74, 6) is -0.230. The number of nitrogens with zero attached hydrogens (tertiary/aromatic N) is 1. The number of carboxylic acids is 1. The fourth-order valence-corrected chi connectivity index (χ4v) is 3.37. The molecule has 0 aromatic heterocycles. The highest BCUT2D eigenvalue weighted by atomic mass is 32.2. The van der Waals surface area contributed by atoms with Gasteiger partial charge >= 0.3 is 5.97 Å². The molecule has 0 amide bonds. The van der Waals surface area contributed by atoms with Crippen LogP contribution in [0.15, 0.2) is 29.2 Å². The Kier molecular flexibility index (Phi) is 6.37. The standard InChI is InChI=1S/C15H23NO5S/c1-11(2)10-21-13-5-7-14(8-6-13)22(19,20)16(12(3)4)9-15(17)18/h5-8,11-12H,9-10H2,1-4H3,(H,17,18). The number of hydrogen-bond donors (Lipinski definition) is 1. The Morgan fingerprint density at radius 1 is 1.18 bits per heavy atom. The second-order valence-electron chi connectivity index (χ2n) is 5.71. The lowest BCUT2D eigenvalue weighted by Crippen LogP contribution is -2.40. The second-order valence-corrected chi connectivity index (χ2v) is 7.60. The van der Waals surface area contributed by atoms with E-state index in [1.165, 1.54) is 12.1 Å². The highest BCUT2D eigenvalue weighted by molar-refractivity contribution is 7.89. The molecule has 7 heteroatoms. The van der Waals surface area contributed by atoms with Gasteiger partial charge in [-0.15, -0.1) is 0 Å². The molecule has 0 aliphatic carbocycles. The largest absolute Gasteiger partial charge is 0.493 e. The van der Waals surface area contributed by atoms with Crippen molar-refractivity contribution in [2.75, 3.05) is 13.2 Å². The van der Waals surface area contributed by atoms with Crippen LogP contribution in [0.1, 0.15) is 27.7 Å². The van der Waals surface area contributed by atoms with Crippen molar-refractivity contribution in [2.24, 2.45) is 5.92 Å². The van der Waals surface area contributed by atoms with Crippen LogP contribution in [0.25, 0.3) is 0 Å². The summed E-state index contributed by atoms with van der Waals surface area (Å²) < 4.78 is 31.5. The minimum atomic E-state index is -3.85. The first-order chi connectivity index (χ1) is 10.1. The number of aliphatic carboxylic acids is 1. The van der Waals surface area contributed by atoms with E-state index in [4.69, 9.17) is 9.84 Å². The third-order valence-electron chi connectivity index (χ3n) is 2.88. The Balaban J connectivity index is 2.98. The summed E-state index contributed by atoms with van der Waals surface area (Å²) in [6.07, 6.45) is 0. The predicted octanol–water partition coefficient (Wildman–Crippen LogP) is 2.21. The van der Waals surface area contributed by atoms with Crippen molar-refractivity contribution in [3.05, 3.63) is 24.3 Å². The lowest BCUT2D eigenvalue weighted by Gasteiger charge is -2.24. The average molecular weight is 329 g/mol. The molecule has 0 fully saturated rings. The summed E-state index contributed by atoms with van der Waals surface area (Å²) in [4.78, 5) is 10.9. The number of ether oxygens (including phenoxy) is 1. The summed E-state index contributed by atoms with van der Waals surface area (Å²) in [5.41, 5.74) is 0. The van der Waals surface area contributed by atoms with Crippen molar-refractivity contribution >= 4 is 16.0 Å². The quantitative estimate of drug-likeness (QED) is 0.790. The van der Waals surface area contributed by atoms with E-state index in [-0.39, 0.29) is 4.90 Å². The molecule has 1 N–H and O–H groups in total. The molecule has 0 saturated heterocycles. The van der Waals surface area contributed by atoms with Crippen molar-refractivity contribution in [3.63, 3.8) is 0 Å². The summed E-state index contributed by atoms with van der Waals surface area (Å²) in [6.45, 7) is 7.30. The van der Waals surface area contributed by atoms with Crippen molar-refractivity contribution in [3.8, 4) is 5.75 Å². The minimum Gasteiger partial charge on any atom is -0.493 e. The van der Waals surface area contributed by atoms with E-state index in [9.17, 15) is 13.2 Å². The molecule has 0 unspecified atom stereocenters. The number of sulfonamides is 1. The van der Waals surface area contributed by atoms with Crippen LogP contribution in [0, 0.1) is 5.92 Å². The van der Waals surface area contributed by atoms with Crippen molar-refractivity contribution in [1.29, 1.82) is 0 Å². The van der Waals surface area contributed by atoms with E-state index in [2.05, 4.69) is 0 Å². The Morgan fingerprint density at radius 2 is 1.73 bits per heavy atom. The average Bonchev–Trinajstić information content (AvgIpc) is 2.42. The zero-order valence-corrected chi connectivity index (χ0v) is 14.1. The topological polar surface area (TPSA) is 83.9 Å². The number of hydrogen-bond acceptors (Lipinski definition) is 4. The van der Waals surface area contributed by atoms with Crippen LogP contribution in [0.4, 0.5) is 0 Å². The van der Waals surface area contributed by atoms with Crippen LogP contribution in [0.5, 0.6) is 5.75 Å². The molecule has 124 valence electrons. The van der Waals surface area contributed by atoms with E-state index in [0.29, 0.717) is 18.3 Å². The minimum absolute atomic E-state index is 0.0550. The van der Waals surface area contributed by atoms with E-state index >= 15 is 0 Å². The third kappa shape index (κ3) is 4.99. The van der Waals surface area contributed by atoms with Gasteiger partial charge in [-0.05, 0) is 44.0 Å². The number of rotatable bonds is 8. The lowest BCUT2D eigenvalue weighted by atomic mass is 10.2. The maximum absolute atomic E-state index is 12.5. The molecule has 1 aromatic rings. The van der Waals surface area contributed by atoms with E-state index in [1.807, 2.05) is 13.8 Å². The van der Waals surface area contributed by atoms with Crippen LogP contribution < -0.4 is 4.74 Å². The maximum Gasteiger partial charge on any atom is 0.318 e. The van der Waals surface area contributed by atoms with Gasteiger partial charge < -0.3 is 9.84 Å². The summed E-state index contributed by atoms with van der Waals surface area (Å²) >= 11 is 0. The molecule has 1 aromatic carbocycles. The fraction of sp³-hybridized carbons (Fsp3) is 0.533. The Labute approximate surface area is 131 Å². The van der Waals surface area contributed by atoms with Crippen LogP contribution in [-0.4, -0.2) is 43.0 Å². The summed E-state index contributed by atoms with van der Waals surface area (Å²) in [6, 6.07) is 5.58. The highest BCUT2D eigenvalue weighted by Gasteiger charge is 2.28. The maximum atomic E-state index is 12.5. The number of carbonyl (C=O) groups is 1. The first-order valence-electron chi connectivity index (χ1n) is 7.11. The molecule has 1 rings (SSSR count).